The molecule has 0 amide bonds. The molecular formula is C15H21N2+. The van der Waals surface area contributed by atoms with E-state index in [4.69, 9.17) is 5.26 Å². The molecule has 1 heterocycles. The maximum atomic E-state index is 8.98. The van der Waals surface area contributed by atoms with Gasteiger partial charge in [0.15, 0.2) is 0 Å². The van der Waals surface area contributed by atoms with Crippen LogP contribution >= 0.6 is 0 Å². The van der Waals surface area contributed by atoms with Gasteiger partial charge >= 0.3 is 0 Å². The molecule has 2 nitrogen and oxygen atoms in total. The SMILES string of the molecule is CC1(C)CC[NH+](Cc2ccccc2)[C@H]1CC#N. The van der Waals surface area contributed by atoms with Gasteiger partial charge in [0.1, 0.15) is 12.6 Å². The lowest BCUT2D eigenvalue weighted by Gasteiger charge is -2.27. The van der Waals surface area contributed by atoms with E-state index in [0.29, 0.717) is 17.9 Å². The average Bonchev–Trinajstić information content (AvgIpc) is 2.58. The van der Waals surface area contributed by atoms with Gasteiger partial charge in [-0.1, -0.05) is 44.2 Å². The summed E-state index contributed by atoms with van der Waals surface area (Å²) in [5.41, 5.74) is 1.68. The molecule has 0 saturated carbocycles. The molecule has 0 aromatic heterocycles. The van der Waals surface area contributed by atoms with E-state index < -0.39 is 0 Å². The Labute approximate surface area is 104 Å². The normalized spacial score (nSPS) is 26.6. The molecule has 0 aliphatic carbocycles. The van der Waals surface area contributed by atoms with Crippen molar-refractivity contribution in [3.05, 3.63) is 35.9 Å². The molecule has 2 heteroatoms. The smallest absolute Gasteiger partial charge is 0.106 e. The van der Waals surface area contributed by atoms with Crippen molar-refractivity contribution in [3.63, 3.8) is 0 Å². The lowest BCUT2D eigenvalue weighted by molar-refractivity contribution is -0.929. The topological polar surface area (TPSA) is 28.2 Å². The first-order valence-electron chi connectivity index (χ1n) is 6.39. The van der Waals surface area contributed by atoms with Crippen molar-refractivity contribution in [1.29, 1.82) is 5.26 Å². The summed E-state index contributed by atoms with van der Waals surface area (Å²) in [5, 5.41) is 8.98. The third-order valence-corrected chi connectivity index (χ3v) is 4.10. The minimum absolute atomic E-state index is 0.305. The van der Waals surface area contributed by atoms with Crippen molar-refractivity contribution < 1.29 is 4.90 Å². The number of likely N-dealkylation sites (tertiary alicyclic amines) is 1. The standard InChI is InChI=1S/C15H20N2/c1-15(2)9-11-17(14(15)8-10-16)12-13-6-4-3-5-7-13/h3-7,14H,8-9,11-12H2,1-2H3/p+1/t14-/m0/s1. The molecule has 1 N–H and O–H groups in total. The predicted molar refractivity (Wildman–Crippen MR) is 68.4 cm³/mol. The Morgan fingerprint density at radius 1 is 1.35 bits per heavy atom. The zero-order valence-electron chi connectivity index (χ0n) is 10.7. The molecule has 17 heavy (non-hydrogen) atoms. The van der Waals surface area contributed by atoms with Gasteiger partial charge in [-0.15, -0.1) is 0 Å². The molecule has 0 bridgehead atoms. The number of nitriles is 1. The second-order valence-electron chi connectivity index (χ2n) is 5.72. The third kappa shape index (κ3) is 2.68. The van der Waals surface area contributed by atoms with Gasteiger partial charge in [-0.2, -0.15) is 5.26 Å². The number of rotatable bonds is 3. The fourth-order valence-corrected chi connectivity index (χ4v) is 2.97. The number of hydrogen-bond acceptors (Lipinski definition) is 1. The Morgan fingerprint density at radius 3 is 2.71 bits per heavy atom. The molecule has 1 fully saturated rings. The van der Waals surface area contributed by atoms with Gasteiger partial charge in [0.2, 0.25) is 0 Å². The van der Waals surface area contributed by atoms with Crippen LogP contribution in [0.4, 0.5) is 0 Å². The molecule has 1 aliphatic heterocycles. The highest BCUT2D eigenvalue weighted by atomic mass is 15.2. The first-order valence-corrected chi connectivity index (χ1v) is 6.39. The molecule has 1 unspecified atom stereocenters. The maximum absolute atomic E-state index is 8.98. The minimum atomic E-state index is 0.305. The molecule has 2 atom stereocenters. The van der Waals surface area contributed by atoms with E-state index in [1.54, 1.807) is 4.90 Å². The van der Waals surface area contributed by atoms with Crippen molar-refractivity contribution in [3.8, 4) is 6.07 Å². The molecular weight excluding hydrogens is 208 g/mol. The van der Waals surface area contributed by atoms with Crippen molar-refractivity contribution in [1.82, 2.24) is 0 Å². The summed E-state index contributed by atoms with van der Waals surface area (Å²) in [6.07, 6.45) is 1.90. The van der Waals surface area contributed by atoms with Crippen LogP contribution in [0.25, 0.3) is 0 Å². The summed E-state index contributed by atoms with van der Waals surface area (Å²) in [4.78, 5) is 1.57. The van der Waals surface area contributed by atoms with Gasteiger partial charge in [0.05, 0.1) is 19.0 Å². The average molecular weight is 229 g/mol. The van der Waals surface area contributed by atoms with Gasteiger partial charge in [-0.25, -0.2) is 0 Å². The van der Waals surface area contributed by atoms with Crippen LogP contribution in [0.3, 0.4) is 0 Å². The van der Waals surface area contributed by atoms with E-state index in [9.17, 15) is 0 Å². The van der Waals surface area contributed by atoms with Crippen molar-refractivity contribution in [2.75, 3.05) is 6.54 Å². The van der Waals surface area contributed by atoms with E-state index in [1.807, 2.05) is 0 Å². The second kappa shape index (κ2) is 4.89. The van der Waals surface area contributed by atoms with Crippen LogP contribution < -0.4 is 4.90 Å². The molecule has 90 valence electrons. The highest BCUT2D eigenvalue weighted by molar-refractivity contribution is 5.13. The fourth-order valence-electron chi connectivity index (χ4n) is 2.97. The minimum Gasteiger partial charge on any atom is -0.327 e. The molecule has 1 saturated heterocycles. The van der Waals surface area contributed by atoms with Crippen LogP contribution in [0.5, 0.6) is 0 Å². The largest absolute Gasteiger partial charge is 0.327 e. The summed E-state index contributed by atoms with van der Waals surface area (Å²) >= 11 is 0. The van der Waals surface area contributed by atoms with E-state index >= 15 is 0 Å². The number of benzene rings is 1. The molecule has 0 spiro atoms. The zero-order valence-corrected chi connectivity index (χ0v) is 10.7. The Kier molecular flexibility index (Phi) is 3.49. The van der Waals surface area contributed by atoms with E-state index in [-0.39, 0.29) is 0 Å². The molecule has 1 aliphatic rings. The van der Waals surface area contributed by atoms with Crippen LogP contribution in [0.1, 0.15) is 32.3 Å². The summed E-state index contributed by atoms with van der Waals surface area (Å²) in [6, 6.07) is 13.4. The quantitative estimate of drug-likeness (QED) is 0.841. The van der Waals surface area contributed by atoms with Gasteiger partial charge in [0.25, 0.3) is 0 Å². The van der Waals surface area contributed by atoms with Gasteiger partial charge < -0.3 is 4.90 Å². The van der Waals surface area contributed by atoms with E-state index in [0.717, 1.165) is 6.54 Å². The Bertz CT molecular complexity index is 403. The molecule has 0 radical (unpaired) electrons. The lowest BCUT2D eigenvalue weighted by atomic mass is 9.83. The summed E-state index contributed by atoms with van der Waals surface area (Å²) < 4.78 is 0. The monoisotopic (exact) mass is 229 g/mol. The lowest BCUT2D eigenvalue weighted by Crippen LogP contribution is -3.13. The number of quaternary nitrogens is 1. The van der Waals surface area contributed by atoms with Gasteiger partial charge in [-0.05, 0) is 0 Å². The highest BCUT2D eigenvalue weighted by Crippen LogP contribution is 2.28. The maximum Gasteiger partial charge on any atom is 0.106 e. The number of hydrogen-bond donors (Lipinski definition) is 1. The predicted octanol–water partition coefficient (Wildman–Crippen LogP) is 1.78. The van der Waals surface area contributed by atoms with E-state index in [1.165, 1.54) is 18.5 Å². The van der Waals surface area contributed by atoms with Crippen molar-refractivity contribution in [2.45, 2.75) is 39.3 Å². The Hall–Kier alpha value is -1.33. The van der Waals surface area contributed by atoms with Crippen LogP contribution in [0.2, 0.25) is 0 Å². The Balaban J connectivity index is 2.09. The van der Waals surface area contributed by atoms with Crippen LogP contribution in [0, 0.1) is 16.7 Å². The molecule has 1 aromatic rings. The van der Waals surface area contributed by atoms with Crippen molar-refractivity contribution in [2.24, 2.45) is 5.41 Å². The van der Waals surface area contributed by atoms with Gasteiger partial charge in [-0.3, -0.25) is 0 Å². The van der Waals surface area contributed by atoms with Crippen LogP contribution in [0.15, 0.2) is 30.3 Å². The highest BCUT2D eigenvalue weighted by Gasteiger charge is 2.43. The Morgan fingerprint density at radius 2 is 2.06 bits per heavy atom. The van der Waals surface area contributed by atoms with Crippen LogP contribution in [-0.2, 0) is 6.54 Å². The second-order valence-corrected chi connectivity index (χ2v) is 5.72. The summed E-state index contributed by atoms with van der Waals surface area (Å²) in [7, 11) is 0. The first kappa shape index (κ1) is 12.1. The van der Waals surface area contributed by atoms with Crippen molar-refractivity contribution >= 4 is 0 Å². The summed E-state index contributed by atoms with van der Waals surface area (Å²) in [6.45, 7) is 6.84. The number of nitrogens with zero attached hydrogens (tertiary/aromatic N) is 1. The summed E-state index contributed by atoms with van der Waals surface area (Å²) in [5.74, 6) is 0. The number of nitrogens with one attached hydrogen (secondary N) is 1. The molecule has 2 rings (SSSR count). The van der Waals surface area contributed by atoms with Crippen LogP contribution in [-0.4, -0.2) is 12.6 Å². The molecule has 1 aromatic carbocycles. The van der Waals surface area contributed by atoms with E-state index in [2.05, 4.69) is 50.2 Å². The fraction of sp³-hybridized carbons (Fsp3) is 0.533. The zero-order chi connectivity index (χ0) is 12.3. The third-order valence-electron chi connectivity index (χ3n) is 4.10. The van der Waals surface area contributed by atoms with Gasteiger partial charge in [0, 0.05) is 17.4 Å². The first-order chi connectivity index (χ1) is 8.13.